The van der Waals surface area contributed by atoms with E-state index >= 15 is 0 Å². The Bertz CT molecular complexity index is 434. The summed E-state index contributed by atoms with van der Waals surface area (Å²) in [6.07, 6.45) is 5.46. The molecular weight excluding hydrogens is 214 g/mol. The Morgan fingerprint density at radius 3 is 2.71 bits per heavy atom. The minimum absolute atomic E-state index is 0.0648. The van der Waals surface area contributed by atoms with Crippen molar-refractivity contribution in [3.63, 3.8) is 0 Å². The first kappa shape index (κ1) is 11.7. The number of hydrogen-bond donors (Lipinski definition) is 1. The van der Waals surface area contributed by atoms with Crippen LogP contribution < -0.4 is 10.5 Å². The van der Waals surface area contributed by atoms with Crippen LogP contribution in [0.2, 0.25) is 0 Å². The fourth-order valence-corrected chi connectivity index (χ4v) is 1.56. The summed E-state index contributed by atoms with van der Waals surface area (Å²) in [6.45, 7) is 3.40. The van der Waals surface area contributed by atoms with Crippen LogP contribution in [0.15, 0.2) is 43.0 Å². The van der Waals surface area contributed by atoms with Gasteiger partial charge in [0.05, 0.1) is 12.9 Å². The van der Waals surface area contributed by atoms with Gasteiger partial charge in [0.15, 0.2) is 0 Å². The third-order valence-corrected chi connectivity index (χ3v) is 2.58. The molecule has 0 aliphatic carbocycles. The van der Waals surface area contributed by atoms with Crippen LogP contribution in [0, 0.1) is 0 Å². The molecular formula is C13H17N3O. The van der Waals surface area contributed by atoms with Gasteiger partial charge in [-0.15, -0.1) is 0 Å². The molecule has 0 spiro atoms. The molecule has 2 rings (SSSR count). The maximum Gasteiger partial charge on any atom is 0.119 e. The first-order valence-electron chi connectivity index (χ1n) is 5.70. The summed E-state index contributed by atoms with van der Waals surface area (Å²) in [5.41, 5.74) is 6.89. The van der Waals surface area contributed by atoms with E-state index in [-0.39, 0.29) is 6.04 Å². The molecule has 1 heterocycles. The molecule has 2 aromatic rings. The molecule has 0 amide bonds. The zero-order valence-corrected chi connectivity index (χ0v) is 9.91. The monoisotopic (exact) mass is 231 g/mol. The Hall–Kier alpha value is -1.81. The van der Waals surface area contributed by atoms with Gasteiger partial charge in [-0.2, -0.15) is 0 Å². The van der Waals surface area contributed by atoms with Crippen molar-refractivity contribution in [2.75, 3.05) is 6.61 Å². The number of nitrogens with two attached hydrogens (primary N) is 1. The van der Waals surface area contributed by atoms with E-state index in [1.54, 1.807) is 12.5 Å². The summed E-state index contributed by atoms with van der Waals surface area (Å²) >= 11 is 0. The molecule has 4 heteroatoms. The van der Waals surface area contributed by atoms with Crippen LogP contribution in [0.1, 0.15) is 18.5 Å². The Balaban J connectivity index is 1.83. The van der Waals surface area contributed by atoms with Crippen molar-refractivity contribution in [3.05, 3.63) is 48.5 Å². The number of imidazole rings is 1. The van der Waals surface area contributed by atoms with E-state index < -0.39 is 0 Å². The average molecular weight is 231 g/mol. The van der Waals surface area contributed by atoms with Crippen LogP contribution in [-0.4, -0.2) is 16.2 Å². The van der Waals surface area contributed by atoms with Crippen LogP contribution in [-0.2, 0) is 6.54 Å². The molecule has 0 bridgehead atoms. The van der Waals surface area contributed by atoms with Crippen LogP contribution in [0.3, 0.4) is 0 Å². The molecule has 90 valence electrons. The van der Waals surface area contributed by atoms with Crippen molar-refractivity contribution >= 4 is 0 Å². The standard InChI is InChI=1S/C13H17N3O/c1-11(14)12-2-4-13(5-3-12)17-9-8-16-7-6-15-10-16/h2-7,10-11H,8-9,14H2,1H3/t11-/m1/s1. The lowest BCUT2D eigenvalue weighted by Crippen LogP contribution is -2.07. The molecule has 0 saturated heterocycles. The van der Waals surface area contributed by atoms with E-state index in [1.807, 2.05) is 42.0 Å². The second kappa shape index (κ2) is 5.50. The van der Waals surface area contributed by atoms with E-state index in [4.69, 9.17) is 10.5 Å². The van der Waals surface area contributed by atoms with Crippen molar-refractivity contribution in [3.8, 4) is 5.75 Å². The summed E-state index contributed by atoms with van der Waals surface area (Å²) in [7, 11) is 0. The highest BCUT2D eigenvalue weighted by atomic mass is 16.5. The van der Waals surface area contributed by atoms with Crippen molar-refractivity contribution in [1.82, 2.24) is 9.55 Å². The van der Waals surface area contributed by atoms with Gasteiger partial charge >= 0.3 is 0 Å². The number of benzene rings is 1. The zero-order valence-electron chi connectivity index (χ0n) is 9.91. The third kappa shape index (κ3) is 3.32. The fraction of sp³-hybridized carbons (Fsp3) is 0.308. The fourth-order valence-electron chi connectivity index (χ4n) is 1.56. The topological polar surface area (TPSA) is 53.1 Å². The summed E-state index contributed by atoms with van der Waals surface area (Å²) in [5.74, 6) is 0.870. The second-order valence-corrected chi connectivity index (χ2v) is 4.01. The van der Waals surface area contributed by atoms with Gasteiger partial charge in [0, 0.05) is 18.4 Å². The Morgan fingerprint density at radius 2 is 2.12 bits per heavy atom. The van der Waals surface area contributed by atoms with Gasteiger partial charge in [-0.25, -0.2) is 4.98 Å². The molecule has 2 N–H and O–H groups in total. The SMILES string of the molecule is C[C@@H](N)c1ccc(OCCn2ccnc2)cc1. The minimum atomic E-state index is 0.0648. The summed E-state index contributed by atoms with van der Waals surface area (Å²) in [4.78, 5) is 3.97. The molecule has 0 aliphatic rings. The maximum absolute atomic E-state index is 5.78. The number of rotatable bonds is 5. The normalized spacial score (nSPS) is 12.4. The average Bonchev–Trinajstić information content (AvgIpc) is 2.83. The van der Waals surface area contributed by atoms with E-state index in [0.29, 0.717) is 6.61 Å². The number of hydrogen-bond acceptors (Lipinski definition) is 3. The maximum atomic E-state index is 5.78. The van der Waals surface area contributed by atoms with Crippen molar-refractivity contribution in [1.29, 1.82) is 0 Å². The lowest BCUT2D eigenvalue weighted by atomic mass is 10.1. The lowest BCUT2D eigenvalue weighted by Gasteiger charge is -2.09. The van der Waals surface area contributed by atoms with E-state index in [9.17, 15) is 0 Å². The molecule has 0 radical (unpaired) electrons. The highest BCUT2D eigenvalue weighted by Crippen LogP contribution is 2.15. The summed E-state index contributed by atoms with van der Waals surface area (Å²) in [6, 6.07) is 7.96. The van der Waals surface area contributed by atoms with E-state index in [1.165, 1.54) is 0 Å². The summed E-state index contributed by atoms with van der Waals surface area (Å²) in [5, 5.41) is 0. The molecule has 0 fully saturated rings. The van der Waals surface area contributed by atoms with E-state index in [0.717, 1.165) is 17.9 Å². The highest BCUT2D eigenvalue weighted by molar-refractivity contribution is 5.28. The van der Waals surface area contributed by atoms with Crippen LogP contribution >= 0.6 is 0 Å². The largest absolute Gasteiger partial charge is 0.492 e. The smallest absolute Gasteiger partial charge is 0.119 e. The molecule has 1 aromatic carbocycles. The molecule has 17 heavy (non-hydrogen) atoms. The van der Waals surface area contributed by atoms with Crippen LogP contribution in [0.5, 0.6) is 5.75 Å². The van der Waals surface area contributed by atoms with E-state index in [2.05, 4.69) is 4.98 Å². The van der Waals surface area contributed by atoms with Crippen molar-refractivity contribution in [2.45, 2.75) is 19.5 Å². The van der Waals surface area contributed by atoms with Gasteiger partial charge in [0.25, 0.3) is 0 Å². The number of aromatic nitrogens is 2. The summed E-state index contributed by atoms with van der Waals surface area (Å²) < 4.78 is 7.61. The molecule has 0 saturated carbocycles. The van der Waals surface area contributed by atoms with Crippen LogP contribution in [0.4, 0.5) is 0 Å². The Labute approximate surface area is 101 Å². The highest BCUT2D eigenvalue weighted by Gasteiger charge is 1.99. The van der Waals surface area contributed by atoms with Gasteiger partial charge < -0.3 is 15.0 Å². The Morgan fingerprint density at radius 1 is 1.35 bits per heavy atom. The second-order valence-electron chi connectivity index (χ2n) is 4.01. The predicted molar refractivity (Wildman–Crippen MR) is 66.8 cm³/mol. The third-order valence-electron chi connectivity index (χ3n) is 2.58. The van der Waals surface area contributed by atoms with Crippen LogP contribution in [0.25, 0.3) is 0 Å². The Kier molecular flexibility index (Phi) is 3.77. The van der Waals surface area contributed by atoms with Crippen molar-refractivity contribution in [2.24, 2.45) is 5.73 Å². The minimum Gasteiger partial charge on any atom is -0.492 e. The quantitative estimate of drug-likeness (QED) is 0.856. The first-order valence-corrected chi connectivity index (χ1v) is 5.70. The molecule has 0 unspecified atom stereocenters. The zero-order chi connectivity index (χ0) is 12.1. The molecule has 1 atom stereocenters. The van der Waals surface area contributed by atoms with Gasteiger partial charge in [0.1, 0.15) is 12.4 Å². The van der Waals surface area contributed by atoms with Gasteiger partial charge in [0.2, 0.25) is 0 Å². The van der Waals surface area contributed by atoms with Gasteiger partial charge in [-0.1, -0.05) is 12.1 Å². The lowest BCUT2D eigenvalue weighted by molar-refractivity contribution is 0.298. The molecule has 0 aliphatic heterocycles. The van der Waals surface area contributed by atoms with Gasteiger partial charge in [-0.3, -0.25) is 0 Å². The van der Waals surface area contributed by atoms with Gasteiger partial charge in [-0.05, 0) is 24.6 Å². The van der Waals surface area contributed by atoms with Crippen molar-refractivity contribution < 1.29 is 4.74 Å². The predicted octanol–water partition coefficient (Wildman–Crippen LogP) is 1.98. The first-order chi connectivity index (χ1) is 8.25. The molecule has 1 aromatic heterocycles. The molecule has 4 nitrogen and oxygen atoms in total. The number of ether oxygens (including phenoxy) is 1. The number of nitrogens with zero attached hydrogens (tertiary/aromatic N) is 2.